The number of ether oxygens (including phenoxy) is 1. The van der Waals surface area contributed by atoms with Crippen LogP contribution in [0.2, 0.25) is 4.34 Å². The molecule has 0 aliphatic carbocycles. The van der Waals surface area contributed by atoms with Gasteiger partial charge in [-0.25, -0.2) is 9.78 Å². The Morgan fingerprint density at radius 3 is 2.80 bits per heavy atom. The van der Waals surface area contributed by atoms with Crippen molar-refractivity contribution in [3.05, 3.63) is 61.7 Å². The van der Waals surface area contributed by atoms with Gasteiger partial charge in [0.15, 0.2) is 5.69 Å². The summed E-state index contributed by atoms with van der Waals surface area (Å²) < 4.78 is 6.33. The smallest absolute Gasteiger partial charge is 0.358 e. The predicted octanol–water partition coefficient (Wildman–Crippen LogP) is 3.13. The van der Waals surface area contributed by atoms with Crippen LogP contribution in [0, 0.1) is 0 Å². The first-order valence-electron chi connectivity index (χ1n) is 6.98. The summed E-state index contributed by atoms with van der Waals surface area (Å²) >= 11 is 7.27. The van der Waals surface area contributed by atoms with Crippen LogP contribution in [0.25, 0.3) is 11.4 Å². The monoisotopic (exact) mass is 378 g/mol. The molecule has 9 heteroatoms. The highest BCUT2D eigenvalue weighted by Crippen LogP contribution is 2.25. The number of halogens is 1. The van der Waals surface area contributed by atoms with Crippen LogP contribution in [0.3, 0.4) is 0 Å². The number of hydrogen-bond donors (Lipinski definition) is 3. The van der Waals surface area contributed by atoms with E-state index in [1.54, 1.807) is 30.3 Å². The summed E-state index contributed by atoms with van der Waals surface area (Å²) in [6.07, 6.45) is 0. The molecule has 128 valence electrons. The second kappa shape index (κ2) is 6.96. The maximum absolute atomic E-state index is 11.7. The molecule has 0 atom stereocenters. The zero-order valence-electron chi connectivity index (χ0n) is 12.5. The molecule has 0 aliphatic rings. The first-order valence-corrected chi connectivity index (χ1v) is 8.17. The lowest BCUT2D eigenvalue weighted by Crippen LogP contribution is -2.15. The highest BCUT2D eigenvalue weighted by atomic mass is 35.5. The first-order chi connectivity index (χ1) is 11.9. The van der Waals surface area contributed by atoms with E-state index in [1.807, 2.05) is 6.07 Å². The lowest BCUT2D eigenvalue weighted by Gasteiger charge is -2.08. The Morgan fingerprint density at radius 2 is 2.12 bits per heavy atom. The number of aromatic hydroxyl groups is 1. The van der Waals surface area contributed by atoms with Gasteiger partial charge in [0.25, 0.3) is 5.56 Å². The molecule has 3 aromatic rings. The minimum Gasteiger partial charge on any atom is -0.501 e. The molecular formula is C16H11ClN2O5S. The van der Waals surface area contributed by atoms with Gasteiger partial charge in [-0.15, -0.1) is 11.3 Å². The van der Waals surface area contributed by atoms with Crippen LogP contribution in [-0.2, 0) is 6.61 Å². The van der Waals surface area contributed by atoms with E-state index < -0.39 is 23.0 Å². The number of carboxylic acid groups (broad SMARTS) is 1. The van der Waals surface area contributed by atoms with Gasteiger partial charge >= 0.3 is 5.97 Å². The van der Waals surface area contributed by atoms with E-state index in [-0.39, 0.29) is 5.82 Å². The summed E-state index contributed by atoms with van der Waals surface area (Å²) in [4.78, 5) is 29.8. The number of aromatic amines is 1. The molecule has 0 saturated heterocycles. The lowest BCUT2D eigenvalue weighted by molar-refractivity contribution is 0.0686. The summed E-state index contributed by atoms with van der Waals surface area (Å²) in [5, 5.41) is 18.5. The Kier molecular flexibility index (Phi) is 4.73. The molecule has 0 aliphatic heterocycles. The zero-order valence-corrected chi connectivity index (χ0v) is 14.1. The van der Waals surface area contributed by atoms with Gasteiger partial charge in [0, 0.05) is 10.4 Å². The minimum atomic E-state index is -1.49. The van der Waals surface area contributed by atoms with Gasteiger partial charge in [0.1, 0.15) is 18.2 Å². The fourth-order valence-electron chi connectivity index (χ4n) is 2.07. The summed E-state index contributed by atoms with van der Waals surface area (Å²) in [5.74, 6) is -1.90. The summed E-state index contributed by atoms with van der Waals surface area (Å²) in [6, 6.07) is 10.3. The SMILES string of the molecule is O=C(O)c1nc(-c2cccc(OCc3ccc(Cl)s3)c2)[nH]c(=O)c1O. The minimum absolute atomic E-state index is 0.0184. The second-order valence-corrected chi connectivity index (χ2v) is 6.74. The molecule has 2 heterocycles. The molecule has 25 heavy (non-hydrogen) atoms. The van der Waals surface area contributed by atoms with Crippen molar-refractivity contribution in [2.24, 2.45) is 0 Å². The van der Waals surface area contributed by atoms with Crippen LogP contribution in [0.5, 0.6) is 11.5 Å². The topological polar surface area (TPSA) is 113 Å². The van der Waals surface area contributed by atoms with Crippen molar-refractivity contribution in [1.82, 2.24) is 9.97 Å². The molecule has 7 nitrogen and oxygen atoms in total. The molecule has 0 radical (unpaired) electrons. The molecule has 0 fully saturated rings. The van der Waals surface area contributed by atoms with E-state index in [9.17, 15) is 14.7 Å². The number of aromatic carboxylic acids is 1. The van der Waals surface area contributed by atoms with Crippen molar-refractivity contribution >= 4 is 28.9 Å². The van der Waals surface area contributed by atoms with Gasteiger partial charge < -0.3 is 19.9 Å². The highest BCUT2D eigenvalue weighted by molar-refractivity contribution is 7.16. The van der Waals surface area contributed by atoms with Crippen LogP contribution in [0.1, 0.15) is 15.4 Å². The lowest BCUT2D eigenvalue weighted by atomic mass is 10.2. The van der Waals surface area contributed by atoms with E-state index in [0.717, 1.165) is 4.88 Å². The van der Waals surface area contributed by atoms with Crippen LogP contribution in [0.4, 0.5) is 0 Å². The molecule has 3 rings (SSSR count). The van der Waals surface area contributed by atoms with Gasteiger partial charge in [0.05, 0.1) is 4.34 Å². The number of benzene rings is 1. The molecule has 0 amide bonds. The average Bonchev–Trinajstić information content (AvgIpc) is 3.01. The standard InChI is InChI=1S/C16H11ClN2O5S/c17-11-5-4-10(25-11)7-24-9-3-1-2-8(6-9)14-18-12(16(22)23)13(20)15(21)19-14/h1-6,20H,7H2,(H,22,23)(H,18,19,21). The molecular weight excluding hydrogens is 368 g/mol. The zero-order chi connectivity index (χ0) is 18.0. The summed E-state index contributed by atoms with van der Waals surface area (Å²) in [7, 11) is 0. The molecule has 1 aromatic carbocycles. The van der Waals surface area contributed by atoms with E-state index in [4.69, 9.17) is 21.4 Å². The van der Waals surface area contributed by atoms with Crippen molar-refractivity contribution in [3.63, 3.8) is 0 Å². The van der Waals surface area contributed by atoms with E-state index in [0.29, 0.717) is 22.3 Å². The van der Waals surface area contributed by atoms with Crippen molar-refractivity contribution in [2.75, 3.05) is 0 Å². The van der Waals surface area contributed by atoms with Gasteiger partial charge in [-0.3, -0.25) is 4.79 Å². The van der Waals surface area contributed by atoms with Crippen molar-refractivity contribution in [2.45, 2.75) is 6.61 Å². The molecule has 3 N–H and O–H groups in total. The molecule has 0 unspecified atom stereocenters. The fraction of sp³-hybridized carbons (Fsp3) is 0.0625. The second-order valence-electron chi connectivity index (χ2n) is 4.94. The normalized spacial score (nSPS) is 10.6. The molecule has 2 aromatic heterocycles. The van der Waals surface area contributed by atoms with Crippen LogP contribution in [-0.4, -0.2) is 26.2 Å². The van der Waals surface area contributed by atoms with Crippen LogP contribution in [0.15, 0.2) is 41.2 Å². The Hall–Kier alpha value is -2.84. The Labute approximate surface area is 150 Å². The van der Waals surface area contributed by atoms with Crippen molar-refractivity contribution < 1.29 is 19.7 Å². The fourth-order valence-corrected chi connectivity index (χ4v) is 3.07. The largest absolute Gasteiger partial charge is 0.501 e. The number of nitrogens with zero attached hydrogens (tertiary/aromatic N) is 1. The third-order valence-electron chi connectivity index (χ3n) is 3.21. The number of aromatic nitrogens is 2. The van der Waals surface area contributed by atoms with Crippen LogP contribution >= 0.6 is 22.9 Å². The number of carboxylic acids is 1. The quantitative estimate of drug-likeness (QED) is 0.628. The number of hydrogen-bond acceptors (Lipinski definition) is 6. The number of carbonyl (C=O) groups is 1. The molecule has 0 saturated carbocycles. The van der Waals surface area contributed by atoms with Crippen molar-refractivity contribution in [1.29, 1.82) is 0 Å². The third kappa shape index (κ3) is 3.81. The predicted molar refractivity (Wildman–Crippen MR) is 92.6 cm³/mol. The molecule has 0 spiro atoms. The number of H-pyrrole nitrogens is 1. The van der Waals surface area contributed by atoms with E-state index in [2.05, 4.69) is 9.97 Å². The van der Waals surface area contributed by atoms with Gasteiger partial charge in [-0.1, -0.05) is 23.7 Å². The third-order valence-corrected chi connectivity index (χ3v) is 4.42. The van der Waals surface area contributed by atoms with Gasteiger partial charge in [-0.2, -0.15) is 0 Å². The summed E-state index contributed by atoms with van der Waals surface area (Å²) in [6.45, 7) is 0.320. The Balaban J connectivity index is 1.88. The van der Waals surface area contributed by atoms with E-state index >= 15 is 0 Å². The number of thiophene rings is 1. The summed E-state index contributed by atoms with van der Waals surface area (Å²) in [5.41, 5.74) is -1.19. The highest BCUT2D eigenvalue weighted by Gasteiger charge is 2.17. The Morgan fingerprint density at radius 1 is 1.32 bits per heavy atom. The average molecular weight is 379 g/mol. The van der Waals surface area contributed by atoms with Gasteiger partial charge in [-0.05, 0) is 24.3 Å². The maximum Gasteiger partial charge on any atom is 0.358 e. The van der Waals surface area contributed by atoms with Crippen molar-refractivity contribution in [3.8, 4) is 22.9 Å². The number of nitrogens with one attached hydrogen (secondary N) is 1. The molecule has 0 bridgehead atoms. The van der Waals surface area contributed by atoms with E-state index in [1.165, 1.54) is 11.3 Å². The number of rotatable bonds is 5. The first kappa shape index (κ1) is 17.0. The van der Waals surface area contributed by atoms with Gasteiger partial charge in [0.2, 0.25) is 5.75 Å². The van der Waals surface area contributed by atoms with Crippen LogP contribution < -0.4 is 10.3 Å². The Bertz CT molecular complexity index is 998. The maximum atomic E-state index is 11.7.